The average molecular weight is 351 g/mol. The van der Waals surface area contributed by atoms with Gasteiger partial charge in [0.05, 0.1) is 16.0 Å². The summed E-state index contributed by atoms with van der Waals surface area (Å²) >= 11 is 8.55. The van der Waals surface area contributed by atoms with Crippen LogP contribution in [0.5, 0.6) is 0 Å². The lowest BCUT2D eigenvalue weighted by Gasteiger charge is -1.94. The molecule has 0 unspecified atom stereocenters. The van der Waals surface area contributed by atoms with Gasteiger partial charge in [-0.2, -0.15) is 0 Å². The largest absolute Gasteiger partial charge is 0.247 e. The molecule has 0 aliphatic rings. The summed E-state index contributed by atoms with van der Waals surface area (Å²) in [6, 6.07) is 4.15. The van der Waals surface area contributed by atoms with Crippen LogP contribution in [0.3, 0.4) is 0 Å². The van der Waals surface area contributed by atoms with E-state index in [0.29, 0.717) is 0 Å². The zero-order valence-electron chi connectivity index (χ0n) is 7.86. The van der Waals surface area contributed by atoms with Gasteiger partial charge in [0.15, 0.2) is 0 Å². The number of hydrogen-bond donors (Lipinski definition) is 0. The minimum absolute atomic E-state index is 0.797. The van der Waals surface area contributed by atoms with Crippen molar-refractivity contribution in [2.45, 2.75) is 13.0 Å². The molecule has 0 aliphatic carbocycles. The maximum absolute atomic E-state index is 4.08. The molecule has 0 amide bonds. The Hall–Kier alpha value is -0.200. The van der Waals surface area contributed by atoms with Crippen molar-refractivity contribution in [1.82, 2.24) is 15.0 Å². The first-order valence-corrected chi connectivity index (χ1v) is 7.20. The second-order valence-electron chi connectivity index (χ2n) is 3.05. The number of rotatable bonds is 4. The minimum atomic E-state index is 0.797. The number of nitrogens with zero attached hydrogens (tertiary/aromatic N) is 3. The van der Waals surface area contributed by atoms with Gasteiger partial charge in [-0.3, -0.25) is 0 Å². The first-order valence-electron chi connectivity index (χ1n) is 4.47. The maximum atomic E-state index is 4.08. The zero-order chi connectivity index (χ0) is 10.7. The summed E-state index contributed by atoms with van der Waals surface area (Å²) in [7, 11) is 0. The average Bonchev–Trinajstić information content (AvgIpc) is 2.78. The van der Waals surface area contributed by atoms with Crippen molar-refractivity contribution < 1.29 is 0 Å². The number of hydrogen-bond acceptors (Lipinski definition) is 3. The number of aryl methyl sites for hydroxylation is 1. The predicted octanol–water partition coefficient (Wildman–Crippen LogP) is 3.09. The molecule has 0 saturated heterocycles. The van der Waals surface area contributed by atoms with Gasteiger partial charge >= 0.3 is 0 Å². The predicted molar refractivity (Wildman–Crippen MR) is 68.6 cm³/mol. The lowest BCUT2D eigenvalue weighted by Crippen LogP contribution is -1.98. The molecule has 15 heavy (non-hydrogen) atoms. The standard InChI is InChI=1S/C9H9Br2N3S/c10-4-3-7-5-14(13-12-7)6-8-1-2-9(11)15-8/h1-2,5H,3-4,6H2. The van der Waals surface area contributed by atoms with E-state index in [1.165, 1.54) is 4.88 Å². The van der Waals surface area contributed by atoms with Gasteiger partial charge in [-0.25, -0.2) is 4.68 Å². The fraction of sp³-hybridized carbons (Fsp3) is 0.333. The Labute approximate surface area is 109 Å². The summed E-state index contributed by atoms with van der Waals surface area (Å²) in [4.78, 5) is 1.28. The number of thiophene rings is 1. The van der Waals surface area contributed by atoms with Crippen LogP contribution in [0.1, 0.15) is 10.6 Å². The molecular weight excluding hydrogens is 342 g/mol. The summed E-state index contributed by atoms with van der Waals surface area (Å²) in [5.74, 6) is 0. The molecule has 2 aromatic heterocycles. The molecule has 0 atom stereocenters. The fourth-order valence-electron chi connectivity index (χ4n) is 1.22. The van der Waals surface area contributed by atoms with Gasteiger partial charge < -0.3 is 0 Å². The van der Waals surface area contributed by atoms with Crippen LogP contribution in [-0.2, 0) is 13.0 Å². The highest BCUT2D eigenvalue weighted by molar-refractivity contribution is 9.11. The molecule has 2 rings (SSSR count). The van der Waals surface area contributed by atoms with E-state index in [-0.39, 0.29) is 0 Å². The number of aromatic nitrogens is 3. The summed E-state index contributed by atoms with van der Waals surface area (Å²) in [6.45, 7) is 0.797. The molecule has 0 spiro atoms. The van der Waals surface area contributed by atoms with Crippen molar-refractivity contribution in [1.29, 1.82) is 0 Å². The summed E-state index contributed by atoms with van der Waals surface area (Å²) in [5, 5.41) is 9.09. The molecule has 0 bridgehead atoms. The second kappa shape index (κ2) is 5.23. The van der Waals surface area contributed by atoms with E-state index in [1.807, 2.05) is 10.9 Å². The van der Waals surface area contributed by atoms with Crippen molar-refractivity contribution >= 4 is 43.2 Å². The molecule has 2 heterocycles. The molecule has 0 aromatic carbocycles. The highest BCUT2D eigenvalue weighted by atomic mass is 79.9. The number of alkyl halides is 1. The molecule has 0 saturated carbocycles. The molecule has 0 radical (unpaired) electrons. The second-order valence-corrected chi connectivity index (χ2v) is 6.39. The van der Waals surface area contributed by atoms with Crippen LogP contribution in [0.4, 0.5) is 0 Å². The van der Waals surface area contributed by atoms with Crippen LogP contribution in [-0.4, -0.2) is 20.3 Å². The van der Waals surface area contributed by atoms with Crippen molar-refractivity contribution in [3.05, 3.63) is 32.7 Å². The Kier molecular flexibility index (Phi) is 3.93. The van der Waals surface area contributed by atoms with Gasteiger partial charge in [0.25, 0.3) is 0 Å². The Bertz CT molecular complexity index is 438. The molecule has 0 N–H and O–H groups in total. The molecule has 80 valence electrons. The maximum Gasteiger partial charge on any atom is 0.0835 e. The summed E-state index contributed by atoms with van der Waals surface area (Å²) in [5.41, 5.74) is 1.03. The summed E-state index contributed by atoms with van der Waals surface area (Å²) < 4.78 is 3.02. The Morgan fingerprint density at radius 3 is 2.93 bits per heavy atom. The van der Waals surface area contributed by atoms with Crippen LogP contribution in [0, 0.1) is 0 Å². The van der Waals surface area contributed by atoms with Crippen LogP contribution in [0.2, 0.25) is 0 Å². The van der Waals surface area contributed by atoms with Crippen molar-refractivity contribution in [2.75, 3.05) is 5.33 Å². The van der Waals surface area contributed by atoms with E-state index < -0.39 is 0 Å². The molecule has 3 nitrogen and oxygen atoms in total. The normalized spacial score (nSPS) is 10.8. The third-order valence-electron chi connectivity index (χ3n) is 1.88. The lowest BCUT2D eigenvalue weighted by atomic mass is 10.4. The van der Waals surface area contributed by atoms with Gasteiger partial charge in [-0.05, 0) is 28.1 Å². The smallest absolute Gasteiger partial charge is 0.0835 e. The highest BCUT2D eigenvalue weighted by Crippen LogP contribution is 2.22. The SMILES string of the molecule is BrCCc1cn(Cc2ccc(Br)s2)nn1. The van der Waals surface area contributed by atoms with Crippen LogP contribution >= 0.6 is 43.2 Å². The Morgan fingerprint density at radius 2 is 2.27 bits per heavy atom. The fourth-order valence-corrected chi connectivity index (χ4v) is 3.11. The first kappa shape index (κ1) is 11.3. The van der Waals surface area contributed by atoms with Crippen molar-refractivity contribution in [3.63, 3.8) is 0 Å². The van der Waals surface area contributed by atoms with E-state index in [2.05, 4.69) is 54.3 Å². The van der Waals surface area contributed by atoms with Crippen LogP contribution in [0.25, 0.3) is 0 Å². The number of halogens is 2. The molecule has 2 aromatic rings. The summed E-state index contributed by atoms with van der Waals surface area (Å²) in [6.07, 6.45) is 2.92. The third kappa shape index (κ3) is 3.12. The highest BCUT2D eigenvalue weighted by Gasteiger charge is 2.02. The molecule has 0 aliphatic heterocycles. The molecular formula is C9H9Br2N3S. The monoisotopic (exact) mass is 349 g/mol. The van der Waals surface area contributed by atoms with Gasteiger partial charge in [-0.15, -0.1) is 16.4 Å². The van der Waals surface area contributed by atoms with Gasteiger partial charge in [0.1, 0.15) is 0 Å². The Balaban J connectivity index is 2.04. The van der Waals surface area contributed by atoms with E-state index in [1.54, 1.807) is 11.3 Å². The zero-order valence-corrected chi connectivity index (χ0v) is 11.8. The van der Waals surface area contributed by atoms with Gasteiger partial charge in [0, 0.05) is 22.8 Å². The molecule has 6 heteroatoms. The minimum Gasteiger partial charge on any atom is -0.247 e. The van der Waals surface area contributed by atoms with Gasteiger partial charge in [-0.1, -0.05) is 21.1 Å². The van der Waals surface area contributed by atoms with E-state index in [4.69, 9.17) is 0 Å². The first-order chi connectivity index (χ1) is 7.28. The van der Waals surface area contributed by atoms with E-state index >= 15 is 0 Å². The van der Waals surface area contributed by atoms with Crippen LogP contribution in [0.15, 0.2) is 22.1 Å². The quantitative estimate of drug-likeness (QED) is 0.793. The van der Waals surface area contributed by atoms with Gasteiger partial charge in [0.2, 0.25) is 0 Å². The molecule has 0 fully saturated rings. The third-order valence-corrected chi connectivity index (χ3v) is 3.89. The van der Waals surface area contributed by atoms with Crippen molar-refractivity contribution in [2.24, 2.45) is 0 Å². The van der Waals surface area contributed by atoms with Crippen LogP contribution < -0.4 is 0 Å². The Morgan fingerprint density at radius 1 is 1.40 bits per heavy atom. The van der Waals surface area contributed by atoms with E-state index in [9.17, 15) is 0 Å². The van der Waals surface area contributed by atoms with E-state index in [0.717, 1.165) is 27.8 Å². The lowest BCUT2D eigenvalue weighted by molar-refractivity contribution is 0.655. The van der Waals surface area contributed by atoms with Crippen molar-refractivity contribution in [3.8, 4) is 0 Å². The topological polar surface area (TPSA) is 30.7 Å².